The lowest BCUT2D eigenvalue weighted by molar-refractivity contribution is -0.364. The smallest absolute Gasteiger partial charge is 0.341 e. The average molecular weight is 633 g/mol. The number of fused-ring (bicyclic) bond motifs is 1. The van der Waals surface area contributed by atoms with Crippen molar-refractivity contribution in [2.75, 3.05) is 6.61 Å². The molecule has 0 bridgehead atoms. The second-order valence-corrected chi connectivity index (χ2v) is 11.6. The Balaban J connectivity index is 1.30. The molecule has 4 aromatic rings. The zero-order chi connectivity index (χ0) is 32.3. The van der Waals surface area contributed by atoms with Crippen molar-refractivity contribution in [1.82, 2.24) is 0 Å². The second kappa shape index (κ2) is 16.5. The molecule has 0 aliphatic carbocycles. The number of carbonyl (C=O) groups excluding carboxylic acids is 1. The van der Waals surface area contributed by atoms with E-state index in [1.165, 1.54) is 0 Å². The van der Waals surface area contributed by atoms with E-state index >= 15 is 0 Å². The van der Waals surface area contributed by atoms with Gasteiger partial charge in [0.25, 0.3) is 0 Å². The molecule has 6 atom stereocenters. The molecule has 2 aliphatic rings. The fraction of sp³-hybridized carbons (Fsp3) is 0.325. The van der Waals surface area contributed by atoms with Crippen LogP contribution >= 0.6 is 0 Å². The number of unbranched alkanes of at least 4 members (excludes halogenated alkanes) is 2. The third-order valence-corrected chi connectivity index (χ3v) is 8.17. The van der Waals surface area contributed by atoms with Gasteiger partial charge in [0, 0.05) is 17.5 Å². The number of carbonyl (C=O) groups is 1. The van der Waals surface area contributed by atoms with Crippen LogP contribution in [0.25, 0.3) is 0 Å². The van der Waals surface area contributed by atoms with Crippen molar-refractivity contribution < 1.29 is 33.2 Å². The number of benzene rings is 4. The van der Waals surface area contributed by atoms with Gasteiger partial charge in [0.15, 0.2) is 6.29 Å². The highest BCUT2D eigenvalue weighted by Crippen LogP contribution is 2.37. The Morgan fingerprint density at radius 1 is 0.766 bits per heavy atom. The summed E-state index contributed by atoms with van der Waals surface area (Å²) < 4.78 is 38.5. The lowest BCUT2D eigenvalue weighted by atomic mass is 9.97. The summed E-state index contributed by atoms with van der Waals surface area (Å²) in [6.07, 6.45) is -1.52. The summed E-state index contributed by atoms with van der Waals surface area (Å²) in [5.41, 5.74) is 3.82. The maximum Gasteiger partial charge on any atom is 0.341 e. The molecule has 7 nitrogen and oxygen atoms in total. The molecular weight excluding hydrogens is 592 g/mol. The molecule has 242 valence electrons. The van der Waals surface area contributed by atoms with Crippen LogP contribution in [-0.4, -0.2) is 43.3 Å². The SMILES string of the molecule is CCCCC#Cc1ccccc1C(=O)O[C@@H]1O[C@@H]2COC(c3ccccc3)O[C@H]2[C@H](OCc2ccccc2)[C@@H]1OCc1ccccc1. The quantitative estimate of drug-likeness (QED) is 0.0970. The van der Waals surface area contributed by atoms with Crippen LogP contribution in [0.3, 0.4) is 0 Å². The molecule has 1 unspecified atom stereocenters. The van der Waals surface area contributed by atoms with E-state index in [4.69, 9.17) is 28.4 Å². The van der Waals surface area contributed by atoms with Gasteiger partial charge >= 0.3 is 5.97 Å². The second-order valence-electron chi connectivity index (χ2n) is 11.6. The molecule has 2 saturated heterocycles. The molecule has 0 saturated carbocycles. The topological polar surface area (TPSA) is 72.5 Å². The number of rotatable bonds is 11. The number of hydrogen-bond acceptors (Lipinski definition) is 7. The molecule has 6 rings (SSSR count). The van der Waals surface area contributed by atoms with Gasteiger partial charge in [-0.2, -0.15) is 0 Å². The molecule has 47 heavy (non-hydrogen) atoms. The molecule has 2 fully saturated rings. The fourth-order valence-electron chi connectivity index (χ4n) is 5.68. The van der Waals surface area contributed by atoms with Crippen molar-refractivity contribution >= 4 is 5.97 Å². The Morgan fingerprint density at radius 3 is 2.06 bits per heavy atom. The highest BCUT2D eigenvalue weighted by Gasteiger charge is 2.53. The summed E-state index contributed by atoms with van der Waals surface area (Å²) in [6, 6.07) is 36.7. The molecule has 7 heteroatoms. The third-order valence-electron chi connectivity index (χ3n) is 8.17. The first-order valence-corrected chi connectivity index (χ1v) is 16.3. The van der Waals surface area contributed by atoms with Crippen molar-refractivity contribution in [3.8, 4) is 11.8 Å². The first-order valence-electron chi connectivity index (χ1n) is 16.3. The van der Waals surface area contributed by atoms with Crippen LogP contribution in [0.5, 0.6) is 0 Å². The van der Waals surface area contributed by atoms with E-state index in [0.29, 0.717) is 17.7 Å². The van der Waals surface area contributed by atoms with Crippen LogP contribution in [-0.2, 0) is 41.6 Å². The lowest BCUT2D eigenvalue weighted by Gasteiger charge is -2.48. The number of esters is 1. The minimum atomic E-state index is -1.10. The Labute approximate surface area is 276 Å². The van der Waals surface area contributed by atoms with Gasteiger partial charge in [0.05, 0.1) is 25.4 Å². The van der Waals surface area contributed by atoms with Gasteiger partial charge in [-0.25, -0.2) is 4.79 Å². The lowest BCUT2D eigenvalue weighted by Crippen LogP contribution is -2.63. The summed E-state index contributed by atoms with van der Waals surface area (Å²) in [5, 5.41) is 0. The van der Waals surface area contributed by atoms with Gasteiger partial charge in [0.2, 0.25) is 6.29 Å². The molecule has 0 N–H and O–H groups in total. The average Bonchev–Trinajstić information content (AvgIpc) is 3.13. The number of hydrogen-bond donors (Lipinski definition) is 0. The van der Waals surface area contributed by atoms with E-state index in [1.807, 2.05) is 103 Å². The molecule has 4 aromatic carbocycles. The predicted molar refractivity (Wildman–Crippen MR) is 177 cm³/mol. The van der Waals surface area contributed by atoms with Crippen molar-refractivity contribution in [3.05, 3.63) is 143 Å². The Morgan fingerprint density at radius 2 is 1.38 bits per heavy atom. The van der Waals surface area contributed by atoms with Crippen molar-refractivity contribution in [2.45, 2.75) is 76.4 Å². The monoisotopic (exact) mass is 632 g/mol. The standard InChI is InChI=1S/C40H40O7/c1-2-3-4-12-21-31-22-15-16-25-33(31)38(41)47-40-37(43-27-30-19-10-6-11-20-30)36(42-26-29-17-8-5-9-18-29)35-34(45-40)28-44-39(46-35)32-23-13-7-14-24-32/h5-11,13-20,22-25,34-37,39-40H,2-4,26-28H2,1H3/t34-,35-,36+,37+,39?,40+/m1/s1. The van der Waals surface area contributed by atoms with Gasteiger partial charge in [-0.3, -0.25) is 0 Å². The maximum absolute atomic E-state index is 13.8. The molecule has 0 spiro atoms. The predicted octanol–water partition coefficient (Wildman–Crippen LogP) is 7.40. The summed E-state index contributed by atoms with van der Waals surface area (Å²) in [6.45, 7) is 2.90. The maximum atomic E-state index is 13.8. The van der Waals surface area contributed by atoms with E-state index in [1.54, 1.807) is 12.1 Å². The fourth-order valence-corrected chi connectivity index (χ4v) is 5.68. The van der Waals surface area contributed by atoms with E-state index in [0.717, 1.165) is 36.0 Å². The molecule has 0 aromatic heterocycles. The summed E-state index contributed by atoms with van der Waals surface area (Å²) in [7, 11) is 0. The highest BCUT2D eigenvalue weighted by atomic mass is 16.8. The molecule has 2 heterocycles. The first-order chi connectivity index (χ1) is 23.2. The van der Waals surface area contributed by atoms with Gasteiger partial charge in [-0.05, 0) is 29.7 Å². The minimum Gasteiger partial charge on any atom is -0.429 e. The van der Waals surface area contributed by atoms with Crippen LogP contribution in [0.2, 0.25) is 0 Å². The van der Waals surface area contributed by atoms with Gasteiger partial charge in [0.1, 0.15) is 24.4 Å². The van der Waals surface area contributed by atoms with Crippen LogP contribution in [0.15, 0.2) is 115 Å². The van der Waals surface area contributed by atoms with E-state index in [9.17, 15) is 4.79 Å². The van der Waals surface area contributed by atoms with Crippen LogP contribution in [0.4, 0.5) is 0 Å². The van der Waals surface area contributed by atoms with Gasteiger partial charge in [-0.1, -0.05) is 128 Å². The highest BCUT2D eigenvalue weighted by molar-refractivity contribution is 5.92. The summed E-state index contributed by atoms with van der Waals surface area (Å²) in [4.78, 5) is 13.8. The Kier molecular flexibility index (Phi) is 11.5. The van der Waals surface area contributed by atoms with Crippen LogP contribution in [0.1, 0.15) is 65.1 Å². The zero-order valence-electron chi connectivity index (χ0n) is 26.5. The largest absolute Gasteiger partial charge is 0.429 e. The van der Waals surface area contributed by atoms with Crippen molar-refractivity contribution in [1.29, 1.82) is 0 Å². The molecular formula is C40H40O7. The van der Waals surface area contributed by atoms with Crippen LogP contribution < -0.4 is 0 Å². The van der Waals surface area contributed by atoms with Crippen molar-refractivity contribution in [2.24, 2.45) is 0 Å². The molecule has 0 amide bonds. The van der Waals surface area contributed by atoms with Gasteiger partial charge < -0.3 is 28.4 Å². The van der Waals surface area contributed by atoms with Gasteiger partial charge in [-0.15, -0.1) is 0 Å². The normalized spacial score (nSPS) is 23.6. The molecule has 2 aliphatic heterocycles. The van der Waals surface area contributed by atoms with E-state index < -0.39 is 43.0 Å². The minimum absolute atomic E-state index is 0.217. The zero-order valence-corrected chi connectivity index (χ0v) is 26.5. The summed E-state index contributed by atoms with van der Waals surface area (Å²) in [5.74, 6) is 5.77. The first kappa shape index (κ1) is 32.6. The summed E-state index contributed by atoms with van der Waals surface area (Å²) >= 11 is 0. The molecule has 0 radical (unpaired) electrons. The van der Waals surface area contributed by atoms with E-state index in [2.05, 4.69) is 18.8 Å². The van der Waals surface area contributed by atoms with E-state index in [-0.39, 0.29) is 13.2 Å². The Hall–Kier alpha value is -4.29. The Bertz CT molecular complexity index is 1620. The third kappa shape index (κ3) is 8.55. The van der Waals surface area contributed by atoms with Crippen molar-refractivity contribution in [3.63, 3.8) is 0 Å². The number of ether oxygens (including phenoxy) is 6. The van der Waals surface area contributed by atoms with Crippen LogP contribution in [0, 0.1) is 11.8 Å².